The van der Waals surface area contributed by atoms with Crippen molar-refractivity contribution in [1.29, 1.82) is 0 Å². The fourth-order valence-corrected chi connectivity index (χ4v) is 1.12. The molecule has 2 rings (SSSR count). The van der Waals surface area contributed by atoms with Gasteiger partial charge >= 0.3 is 5.56 Å². The molecule has 0 saturated heterocycles. The summed E-state index contributed by atoms with van der Waals surface area (Å²) in [4.78, 5) is 11.4. The predicted molar refractivity (Wildman–Crippen MR) is 43.9 cm³/mol. The van der Waals surface area contributed by atoms with E-state index in [-0.39, 0.29) is 5.56 Å². The first kappa shape index (κ1) is 7.09. The Bertz CT molecular complexity index is 455. The van der Waals surface area contributed by atoms with Crippen molar-refractivity contribution in [3.63, 3.8) is 0 Å². The SMILES string of the molecule is CCn1ncc2ccoc2c1=O. The number of nitrogens with zero attached hydrogens (tertiary/aromatic N) is 2. The molecule has 0 bridgehead atoms. The predicted octanol–water partition coefficient (Wildman–Crippen LogP) is 1.01. The molecule has 2 aromatic heterocycles. The summed E-state index contributed by atoms with van der Waals surface area (Å²) in [5.41, 5.74) is 0.215. The molecule has 0 unspecified atom stereocenters. The standard InChI is InChI=1S/C8H8N2O2/c1-2-10-8(11)7-6(5-9-10)3-4-12-7/h3-5H,2H2,1H3. The van der Waals surface area contributed by atoms with Crippen LogP contribution in [0.1, 0.15) is 6.92 Å². The number of aromatic nitrogens is 2. The van der Waals surface area contributed by atoms with Gasteiger partial charge in [-0.1, -0.05) is 0 Å². The summed E-state index contributed by atoms with van der Waals surface area (Å²) in [5, 5.41) is 4.70. The van der Waals surface area contributed by atoms with Gasteiger partial charge < -0.3 is 4.42 Å². The molecule has 0 radical (unpaired) electrons. The van der Waals surface area contributed by atoms with Gasteiger partial charge in [0.15, 0.2) is 0 Å². The third-order valence-corrected chi connectivity index (χ3v) is 1.76. The lowest BCUT2D eigenvalue weighted by molar-refractivity contribution is 0.575. The zero-order valence-corrected chi connectivity index (χ0v) is 6.65. The van der Waals surface area contributed by atoms with E-state index in [9.17, 15) is 4.79 Å². The molecule has 0 saturated carbocycles. The zero-order chi connectivity index (χ0) is 8.55. The fourth-order valence-electron chi connectivity index (χ4n) is 1.12. The second kappa shape index (κ2) is 2.48. The monoisotopic (exact) mass is 164 g/mol. The second-order valence-electron chi connectivity index (χ2n) is 2.47. The Morgan fingerprint density at radius 3 is 3.25 bits per heavy atom. The molecular formula is C8H8N2O2. The van der Waals surface area contributed by atoms with Crippen molar-refractivity contribution in [2.75, 3.05) is 0 Å². The van der Waals surface area contributed by atoms with Crippen LogP contribution in [0, 0.1) is 0 Å². The van der Waals surface area contributed by atoms with E-state index in [0.29, 0.717) is 12.1 Å². The summed E-state index contributed by atoms with van der Waals surface area (Å²) in [6.45, 7) is 2.43. The molecular weight excluding hydrogens is 156 g/mol. The van der Waals surface area contributed by atoms with Gasteiger partial charge in [0.25, 0.3) is 0 Å². The highest BCUT2D eigenvalue weighted by atomic mass is 16.3. The minimum absolute atomic E-state index is 0.167. The number of hydrogen-bond donors (Lipinski definition) is 0. The van der Waals surface area contributed by atoms with Crippen molar-refractivity contribution in [2.45, 2.75) is 13.5 Å². The van der Waals surface area contributed by atoms with E-state index >= 15 is 0 Å². The highest BCUT2D eigenvalue weighted by Gasteiger charge is 2.04. The normalized spacial score (nSPS) is 10.8. The zero-order valence-electron chi connectivity index (χ0n) is 6.65. The van der Waals surface area contributed by atoms with Crippen LogP contribution in [-0.4, -0.2) is 9.78 Å². The Balaban J connectivity index is 2.88. The van der Waals surface area contributed by atoms with E-state index in [1.54, 1.807) is 12.3 Å². The first-order valence-corrected chi connectivity index (χ1v) is 3.76. The number of rotatable bonds is 1. The molecule has 0 amide bonds. The minimum atomic E-state index is -0.167. The van der Waals surface area contributed by atoms with Crippen LogP contribution in [0.5, 0.6) is 0 Å². The largest absolute Gasteiger partial charge is 0.458 e. The minimum Gasteiger partial charge on any atom is -0.458 e. The van der Waals surface area contributed by atoms with Gasteiger partial charge in [0, 0.05) is 11.9 Å². The van der Waals surface area contributed by atoms with E-state index in [2.05, 4.69) is 5.10 Å². The molecule has 2 heterocycles. The summed E-state index contributed by atoms with van der Waals surface area (Å²) >= 11 is 0. The molecule has 0 aliphatic rings. The summed E-state index contributed by atoms with van der Waals surface area (Å²) in [5.74, 6) is 0. The molecule has 0 aliphatic heterocycles. The van der Waals surface area contributed by atoms with Gasteiger partial charge in [0.05, 0.1) is 12.5 Å². The van der Waals surface area contributed by atoms with Crippen LogP contribution >= 0.6 is 0 Å². The molecule has 4 heteroatoms. The van der Waals surface area contributed by atoms with Crippen molar-refractivity contribution in [3.05, 3.63) is 28.9 Å². The van der Waals surface area contributed by atoms with Crippen LogP contribution in [0.15, 0.2) is 27.7 Å². The molecule has 0 fully saturated rings. The Morgan fingerprint density at radius 2 is 2.50 bits per heavy atom. The van der Waals surface area contributed by atoms with Crippen LogP contribution in [-0.2, 0) is 6.54 Å². The number of fused-ring (bicyclic) bond motifs is 1. The van der Waals surface area contributed by atoms with Crippen molar-refractivity contribution in [3.8, 4) is 0 Å². The van der Waals surface area contributed by atoms with E-state index in [1.807, 2.05) is 6.92 Å². The van der Waals surface area contributed by atoms with E-state index in [0.717, 1.165) is 5.39 Å². The lowest BCUT2D eigenvalue weighted by atomic mass is 10.4. The van der Waals surface area contributed by atoms with Crippen LogP contribution in [0.3, 0.4) is 0 Å². The van der Waals surface area contributed by atoms with E-state index in [1.165, 1.54) is 10.9 Å². The molecule has 0 spiro atoms. The van der Waals surface area contributed by atoms with Crippen molar-refractivity contribution < 1.29 is 4.42 Å². The Hall–Kier alpha value is -1.58. The van der Waals surface area contributed by atoms with Crippen molar-refractivity contribution >= 4 is 11.0 Å². The molecule has 0 aromatic carbocycles. The number of furan rings is 1. The van der Waals surface area contributed by atoms with Gasteiger partial charge in [0.2, 0.25) is 5.58 Å². The Kier molecular flexibility index (Phi) is 1.46. The maximum Gasteiger partial charge on any atom is 0.310 e. The molecule has 0 aliphatic carbocycles. The number of hydrogen-bond acceptors (Lipinski definition) is 3. The first-order chi connectivity index (χ1) is 5.83. The summed E-state index contributed by atoms with van der Waals surface area (Å²) in [6.07, 6.45) is 3.12. The highest BCUT2D eigenvalue weighted by molar-refractivity contribution is 5.74. The summed E-state index contributed by atoms with van der Waals surface area (Å²) in [7, 11) is 0. The average Bonchev–Trinajstić information content (AvgIpc) is 2.53. The molecule has 0 atom stereocenters. The molecule has 4 nitrogen and oxygen atoms in total. The van der Waals surface area contributed by atoms with E-state index < -0.39 is 0 Å². The maximum atomic E-state index is 11.4. The summed E-state index contributed by atoms with van der Waals surface area (Å²) < 4.78 is 6.38. The first-order valence-electron chi connectivity index (χ1n) is 3.76. The lowest BCUT2D eigenvalue weighted by Crippen LogP contribution is -2.20. The van der Waals surface area contributed by atoms with Crippen molar-refractivity contribution in [1.82, 2.24) is 9.78 Å². The lowest BCUT2D eigenvalue weighted by Gasteiger charge is -1.96. The maximum absolute atomic E-state index is 11.4. The van der Waals surface area contributed by atoms with Gasteiger partial charge in [-0.05, 0) is 13.0 Å². The third kappa shape index (κ3) is 0.845. The van der Waals surface area contributed by atoms with Crippen molar-refractivity contribution in [2.24, 2.45) is 0 Å². The number of aryl methyl sites for hydroxylation is 1. The summed E-state index contributed by atoms with van der Waals surface area (Å²) in [6, 6.07) is 1.73. The van der Waals surface area contributed by atoms with Gasteiger partial charge in [-0.15, -0.1) is 0 Å². The van der Waals surface area contributed by atoms with E-state index in [4.69, 9.17) is 4.42 Å². The second-order valence-corrected chi connectivity index (χ2v) is 2.47. The molecule has 12 heavy (non-hydrogen) atoms. The molecule has 62 valence electrons. The Morgan fingerprint density at radius 1 is 1.67 bits per heavy atom. The third-order valence-electron chi connectivity index (χ3n) is 1.76. The van der Waals surface area contributed by atoms with Gasteiger partial charge in [0.1, 0.15) is 0 Å². The van der Waals surface area contributed by atoms with Gasteiger partial charge in [-0.3, -0.25) is 4.79 Å². The topological polar surface area (TPSA) is 48.0 Å². The molecule has 0 N–H and O–H groups in total. The van der Waals surface area contributed by atoms with Crippen LogP contribution in [0.2, 0.25) is 0 Å². The van der Waals surface area contributed by atoms with Gasteiger partial charge in [-0.25, -0.2) is 4.68 Å². The highest BCUT2D eigenvalue weighted by Crippen LogP contribution is 2.07. The van der Waals surface area contributed by atoms with Crippen LogP contribution in [0.25, 0.3) is 11.0 Å². The average molecular weight is 164 g/mol. The van der Waals surface area contributed by atoms with Crippen LogP contribution < -0.4 is 5.56 Å². The Labute approximate surface area is 68.4 Å². The quantitative estimate of drug-likeness (QED) is 0.632. The smallest absolute Gasteiger partial charge is 0.310 e. The van der Waals surface area contributed by atoms with Crippen LogP contribution in [0.4, 0.5) is 0 Å². The molecule has 2 aromatic rings. The van der Waals surface area contributed by atoms with Gasteiger partial charge in [-0.2, -0.15) is 5.10 Å². The fraction of sp³-hybridized carbons (Fsp3) is 0.250.